The number of piperidine rings is 1. The maximum Gasteiger partial charge on any atom is 0.270 e. The summed E-state index contributed by atoms with van der Waals surface area (Å²) in [5.74, 6) is 1.10. The molecule has 2 aromatic carbocycles. The van der Waals surface area contributed by atoms with Gasteiger partial charge in [-0.05, 0) is 48.6 Å². The zero-order valence-electron chi connectivity index (χ0n) is 17.6. The number of fused-ring (bicyclic) bond motifs is 1. The lowest BCUT2D eigenvalue weighted by atomic mass is 9.99. The molecule has 4 nitrogen and oxygen atoms in total. The molecule has 0 saturated carbocycles. The van der Waals surface area contributed by atoms with E-state index in [4.69, 9.17) is 4.42 Å². The summed E-state index contributed by atoms with van der Waals surface area (Å²) in [4.78, 5) is 15.4. The predicted octanol–water partition coefficient (Wildman–Crippen LogP) is 5.96. The molecule has 4 aromatic rings. The first-order valence-electron chi connectivity index (χ1n) is 10.8. The van der Waals surface area contributed by atoms with Gasteiger partial charge in [-0.15, -0.1) is 0 Å². The van der Waals surface area contributed by atoms with Crippen molar-refractivity contribution in [3.63, 3.8) is 0 Å². The summed E-state index contributed by atoms with van der Waals surface area (Å²) in [7, 11) is 0. The van der Waals surface area contributed by atoms with E-state index in [2.05, 4.69) is 19.1 Å². The molecule has 0 spiro atoms. The molecule has 31 heavy (non-hydrogen) atoms. The van der Waals surface area contributed by atoms with Crippen LogP contribution in [0.5, 0.6) is 0 Å². The van der Waals surface area contributed by atoms with Gasteiger partial charge in [0.15, 0.2) is 5.58 Å². The number of aromatic nitrogens is 1. The van der Waals surface area contributed by atoms with Gasteiger partial charge in [-0.2, -0.15) is 0 Å². The second-order valence-electron chi connectivity index (χ2n) is 8.44. The normalized spacial score (nSPS) is 15.0. The Morgan fingerprint density at radius 2 is 1.74 bits per heavy atom. The summed E-state index contributed by atoms with van der Waals surface area (Å²) in [6.45, 7) is 4.40. The van der Waals surface area contributed by atoms with Crippen molar-refractivity contribution in [1.82, 2.24) is 9.47 Å². The Labute approximate surface area is 180 Å². The van der Waals surface area contributed by atoms with Crippen LogP contribution in [0.25, 0.3) is 22.4 Å². The molecule has 0 radical (unpaired) electrons. The first-order valence-corrected chi connectivity index (χ1v) is 10.8. The van der Waals surface area contributed by atoms with Gasteiger partial charge in [-0.25, -0.2) is 4.39 Å². The molecular weight excluding hydrogens is 391 g/mol. The van der Waals surface area contributed by atoms with Crippen molar-refractivity contribution in [1.29, 1.82) is 0 Å². The Bertz CT molecular complexity index is 1200. The second-order valence-corrected chi connectivity index (χ2v) is 8.44. The third kappa shape index (κ3) is 3.88. The molecule has 2 aromatic heterocycles. The number of carbonyl (C=O) groups is 1. The van der Waals surface area contributed by atoms with Gasteiger partial charge in [0.05, 0.1) is 5.52 Å². The first kappa shape index (κ1) is 19.6. The molecule has 0 N–H and O–H groups in total. The number of nitrogens with zero attached hydrogens (tertiary/aromatic N) is 2. The molecule has 0 bridgehead atoms. The molecule has 0 atom stereocenters. The van der Waals surface area contributed by atoms with E-state index in [0.29, 0.717) is 29.5 Å². The van der Waals surface area contributed by atoms with E-state index in [1.165, 1.54) is 12.1 Å². The fourth-order valence-corrected chi connectivity index (χ4v) is 4.29. The van der Waals surface area contributed by atoms with Crippen molar-refractivity contribution in [2.24, 2.45) is 5.92 Å². The largest absolute Gasteiger partial charge is 0.454 e. The minimum Gasteiger partial charge on any atom is -0.454 e. The van der Waals surface area contributed by atoms with Crippen LogP contribution in [0, 0.1) is 11.7 Å². The van der Waals surface area contributed by atoms with Crippen LogP contribution in [-0.2, 0) is 6.54 Å². The third-order valence-corrected chi connectivity index (χ3v) is 6.19. The number of carbonyl (C=O) groups excluding carboxylic acids is 1. The Hall–Kier alpha value is -3.34. The van der Waals surface area contributed by atoms with Gasteiger partial charge in [-0.1, -0.05) is 37.3 Å². The highest BCUT2D eigenvalue weighted by atomic mass is 19.1. The van der Waals surface area contributed by atoms with Crippen molar-refractivity contribution in [3.8, 4) is 11.3 Å². The van der Waals surface area contributed by atoms with Crippen LogP contribution in [0.2, 0.25) is 0 Å². The summed E-state index contributed by atoms with van der Waals surface area (Å²) in [5.41, 5.74) is 4.12. The number of halogens is 1. The molecule has 5 rings (SSSR count). The lowest BCUT2D eigenvalue weighted by molar-refractivity contribution is 0.0687. The standard InChI is InChI=1S/C26H25FN2O2/c1-18-11-13-28(14-12-18)26(30)23-16-25-22(29(23)17-19-5-3-2-4-6-19)15-24(31-25)20-7-9-21(27)10-8-20/h2-10,15-16,18H,11-14,17H2,1H3. The minimum atomic E-state index is -0.280. The van der Waals surface area contributed by atoms with Crippen molar-refractivity contribution >= 4 is 17.0 Å². The van der Waals surface area contributed by atoms with E-state index in [9.17, 15) is 9.18 Å². The molecule has 1 aliphatic rings. The van der Waals surface area contributed by atoms with Gasteiger partial charge >= 0.3 is 0 Å². The average Bonchev–Trinajstić information content (AvgIpc) is 3.34. The minimum absolute atomic E-state index is 0.0533. The van der Waals surface area contributed by atoms with Crippen LogP contribution in [-0.4, -0.2) is 28.5 Å². The number of hydrogen-bond acceptors (Lipinski definition) is 2. The smallest absolute Gasteiger partial charge is 0.270 e. The third-order valence-electron chi connectivity index (χ3n) is 6.19. The van der Waals surface area contributed by atoms with Crippen LogP contribution >= 0.6 is 0 Å². The highest BCUT2D eigenvalue weighted by Crippen LogP contribution is 2.32. The van der Waals surface area contributed by atoms with Crippen molar-refractivity contribution in [2.75, 3.05) is 13.1 Å². The number of benzene rings is 2. The summed E-state index contributed by atoms with van der Waals surface area (Å²) < 4.78 is 21.5. The predicted molar refractivity (Wildman–Crippen MR) is 119 cm³/mol. The average molecular weight is 416 g/mol. The van der Waals surface area contributed by atoms with Crippen molar-refractivity contribution < 1.29 is 13.6 Å². The van der Waals surface area contributed by atoms with E-state index < -0.39 is 0 Å². The van der Waals surface area contributed by atoms with Crippen LogP contribution in [0.1, 0.15) is 35.8 Å². The first-order chi connectivity index (χ1) is 15.1. The fourth-order valence-electron chi connectivity index (χ4n) is 4.29. The number of rotatable bonds is 4. The Balaban J connectivity index is 1.55. The summed E-state index contributed by atoms with van der Waals surface area (Å²) in [6.07, 6.45) is 2.08. The maximum atomic E-state index is 13.4. The molecule has 158 valence electrons. The van der Waals surface area contributed by atoms with Gasteiger partial charge in [0.1, 0.15) is 17.3 Å². The summed E-state index contributed by atoms with van der Waals surface area (Å²) >= 11 is 0. The molecule has 0 unspecified atom stereocenters. The quantitative estimate of drug-likeness (QED) is 0.412. The van der Waals surface area contributed by atoms with E-state index in [1.54, 1.807) is 12.1 Å². The number of furan rings is 1. The molecule has 5 heteroatoms. The van der Waals surface area contributed by atoms with Crippen LogP contribution in [0.3, 0.4) is 0 Å². The molecular formula is C26H25FN2O2. The monoisotopic (exact) mass is 416 g/mol. The molecule has 3 heterocycles. The van der Waals surface area contributed by atoms with Crippen LogP contribution in [0.4, 0.5) is 4.39 Å². The van der Waals surface area contributed by atoms with Crippen LogP contribution < -0.4 is 0 Å². The summed E-state index contributed by atoms with van der Waals surface area (Å²) in [5, 5.41) is 0. The van der Waals surface area contributed by atoms with Gasteiger partial charge < -0.3 is 13.9 Å². The lowest BCUT2D eigenvalue weighted by Gasteiger charge is -2.30. The van der Waals surface area contributed by atoms with E-state index in [0.717, 1.165) is 42.6 Å². The van der Waals surface area contributed by atoms with E-state index >= 15 is 0 Å². The van der Waals surface area contributed by atoms with Gasteiger partial charge in [0.2, 0.25) is 0 Å². The topological polar surface area (TPSA) is 38.4 Å². The molecule has 1 aliphatic heterocycles. The number of hydrogen-bond donors (Lipinski definition) is 0. The lowest BCUT2D eigenvalue weighted by Crippen LogP contribution is -2.38. The zero-order chi connectivity index (χ0) is 21.4. The van der Waals surface area contributed by atoms with Gasteiger partial charge in [0, 0.05) is 37.3 Å². The maximum absolute atomic E-state index is 13.4. The van der Waals surface area contributed by atoms with Crippen molar-refractivity contribution in [3.05, 3.63) is 83.8 Å². The SMILES string of the molecule is CC1CCN(C(=O)c2cc3oc(-c4ccc(F)cc4)cc3n2Cc2ccccc2)CC1. The highest BCUT2D eigenvalue weighted by Gasteiger charge is 2.26. The van der Waals surface area contributed by atoms with Gasteiger partial charge in [0.25, 0.3) is 5.91 Å². The zero-order valence-corrected chi connectivity index (χ0v) is 17.6. The molecule has 1 amide bonds. The Kier molecular flexibility index (Phi) is 5.10. The Morgan fingerprint density at radius 1 is 1.03 bits per heavy atom. The highest BCUT2D eigenvalue weighted by molar-refractivity contribution is 5.98. The van der Waals surface area contributed by atoms with E-state index in [1.807, 2.05) is 39.8 Å². The second kappa shape index (κ2) is 8.06. The van der Waals surface area contributed by atoms with Crippen molar-refractivity contribution in [2.45, 2.75) is 26.3 Å². The van der Waals surface area contributed by atoms with E-state index in [-0.39, 0.29) is 11.7 Å². The number of likely N-dealkylation sites (tertiary alicyclic amines) is 1. The Morgan fingerprint density at radius 3 is 2.45 bits per heavy atom. The fraction of sp³-hybridized carbons (Fsp3) is 0.269. The van der Waals surface area contributed by atoms with Crippen LogP contribution in [0.15, 0.2) is 71.1 Å². The van der Waals surface area contributed by atoms with Gasteiger partial charge in [-0.3, -0.25) is 4.79 Å². The molecule has 0 aliphatic carbocycles. The molecule has 1 saturated heterocycles. The number of amides is 1. The molecule has 1 fully saturated rings. The summed E-state index contributed by atoms with van der Waals surface area (Å²) in [6, 6.07) is 20.2.